The number of nitrogens with one attached hydrogen (secondary N) is 2. The Kier molecular flexibility index (Phi) is 9.77. The zero-order valence-electron chi connectivity index (χ0n) is 15.2. The highest BCUT2D eigenvalue weighted by molar-refractivity contribution is 5.84. The molecule has 138 valence electrons. The van der Waals surface area contributed by atoms with Crippen molar-refractivity contribution in [3.63, 3.8) is 0 Å². The van der Waals surface area contributed by atoms with Crippen LogP contribution in [0.5, 0.6) is 5.75 Å². The normalized spacial score (nSPS) is 10.9. The highest BCUT2D eigenvalue weighted by Gasteiger charge is 2.04. The Morgan fingerprint density at radius 3 is 2.60 bits per heavy atom. The Labute approximate surface area is 149 Å². The van der Waals surface area contributed by atoms with Crippen molar-refractivity contribution in [1.29, 1.82) is 0 Å². The monoisotopic (exact) mass is 348 g/mol. The number of guanidine groups is 1. The molecule has 7 nitrogen and oxygen atoms in total. The highest BCUT2D eigenvalue weighted by atomic mass is 16.5. The third-order valence-corrected chi connectivity index (χ3v) is 3.25. The van der Waals surface area contributed by atoms with Crippen molar-refractivity contribution in [3.05, 3.63) is 42.5 Å². The molecular formula is C18H28N4O3. The van der Waals surface area contributed by atoms with Crippen molar-refractivity contribution >= 4 is 11.9 Å². The molecule has 0 unspecified atom stereocenters. The van der Waals surface area contributed by atoms with Crippen LogP contribution in [-0.2, 0) is 16.1 Å². The molecule has 0 radical (unpaired) electrons. The van der Waals surface area contributed by atoms with Crippen LogP contribution in [0.2, 0.25) is 0 Å². The van der Waals surface area contributed by atoms with Crippen LogP contribution in [0.15, 0.2) is 41.9 Å². The maximum Gasteiger partial charge on any atom is 0.243 e. The van der Waals surface area contributed by atoms with Gasteiger partial charge < -0.3 is 25.0 Å². The molecule has 1 aromatic carbocycles. The van der Waals surface area contributed by atoms with Crippen molar-refractivity contribution in [2.24, 2.45) is 4.99 Å². The zero-order valence-corrected chi connectivity index (χ0v) is 15.2. The van der Waals surface area contributed by atoms with E-state index in [1.807, 2.05) is 24.3 Å². The largest absolute Gasteiger partial charge is 0.497 e. The lowest BCUT2D eigenvalue weighted by Gasteiger charge is -2.13. The fourth-order valence-corrected chi connectivity index (χ4v) is 1.78. The fraction of sp³-hybridized carbons (Fsp3) is 0.444. The van der Waals surface area contributed by atoms with Crippen LogP contribution in [0.1, 0.15) is 5.56 Å². The first-order valence-corrected chi connectivity index (χ1v) is 8.10. The van der Waals surface area contributed by atoms with Gasteiger partial charge in [0, 0.05) is 27.2 Å². The van der Waals surface area contributed by atoms with Gasteiger partial charge in [0.05, 0.1) is 20.3 Å². The van der Waals surface area contributed by atoms with E-state index >= 15 is 0 Å². The second kappa shape index (κ2) is 11.9. The van der Waals surface area contributed by atoms with E-state index in [1.54, 1.807) is 27.3 Å². The average Bonchev–Trinajstić information content (AvgIpc) is 2.63. The summed E-state index contributed by atoms with van der Waals surface area (Å²) in [6.07, 6.45) is 1.73. The van der Waals surface area contributed by atoms with Gasteiger partial charge in [-0.05, 0) is 17.7 Å². The molecule has 0 saturated heterocycles. The molecule has 1 rings (SSSR count). The lowest BCUT2D eigenvalue weighted by atomic mass is 10.2. The summed E-state index contributed by atoms with van der Waals surface area (Å²) in [5, 5.41) is 6.19. The summed E-state index contributed by atoms with van der Waals surface area (Å²) in [5.41, 5.74) is 1.08. The molecule has 0 bridgehead atoms. The number of aliphatic imine (C=N–C) groups is 1. The first kappa shape index (κ1) is 20.5. The smallest absolute Gasteiger partial charge is 0.243 e. The molecule has 2 N–H and O–H groups in total. The zero-order chi connectivity index (χ0) is 18.5. The molecule has 0 spiro atoms. The number of ether oxygens (including phenoxy) is 2. The van der Waals surface area contributed by atoms with Crippen molar-refractivity contribution in [2.75, 3.05) is 47.4 Å². The number of methoxy groups -OCH3 is 1. The molecule has 0 saturated carbocycles. The Hall–Kier alpha value is -2.54. The molecular weight excluding hydrogens is 320 g/mol. The Balaban J connectivity index is 2.33. The minimum atomic E-state index is -0.0598. The minimum absolute atomic E-state index is 0.0598. The molecule has 1 amide bonds. The lowest BCUT2D eigenvalue weighted by molar-refractivity contribution is -0.127. The lowest BCUT2D eigenvalue weighted by Crippen LogP contribution is -2.40. The maximum absolute atomic E-state index is 11.6. The van der Waals surface area contributed by atoms with Crippen LogP contribution in [0, 0.1) is 0 Å². The molecule has 0 heterocycles. The number of rotatable bonds is 10. The van der Waals surface area contributed by atoms with Gasteiger partial charge in [-0.3, -0.25) is 4.79 Å². The Bertz CT molecular complexity index is 556. The van der Waals surface area contributed by atoms with Gasteiger partial charge in [0.15, 0.2) is 5.96 Å². The summed E-state index contributed by atoms with van der Waals surface area (Å²) in [6.45, 7) is 5.93. The van der Waals surface area contributed by atoms with E-state index in [4.69, 9.17) is 9.47 Å². The molecule has 25 heavy (non-hydrogen) atoms. The van der Waals surface area contributed by atoms with Gasteiger partial charge in [-0.2, -0.15) is 0 Å². The number of carbonyl (C=O) groups is 1. The Morgan fingerprint density at radius 1 is 1.28 bits per heavy atom. The second-order valence-corrected chi connectivity index (χ2v) is 5.45. The van der Waals surface area contributed by atoms with E-state index in [2.05, 4.69) is 22.2 Å². The van der Waals surface area contributed by atoms with Crippen molar-refractivity contribution in [3.8, 4) is 5.75 Å². The third kappa shape index (κ3) is 8.76. The van der Waals surface area contributed by atoms with E-state index in [-0.39, 0.29) is 12.5 Å². The first-order valence-electron chi connectivity index (χ1n) is 8.10. The van der Waals surface area contributed by atoms with Crippen LogP contribution in [0.3, 0.4) is 0 Å². The van der Waals surface area contributed by atoms with E-state index < -0.39 is 0 Å². The van der Waals surface area contributed by atoms with Crippen LogP contribution in [-0.4, -0.2) is 64.2 Å². The van der Waals surface area contributed by atoms with E-state index in [9.17, 15) is 4.79 Å². The van der Waals surface area contributed by atoms with Crippen LogP contribution >= 0.6 is 0 Å². The van der Waals surface area contributed by atoms with Crippen molar-refractivity contribution < 1.29 is 14.3 Å². The van der Waals surface area contributed by atoms with E-state index in [0.717, 1.165) is 11.3 Å². The summed E-state index contributed by atoms with van der Waals surface area (Å²) < 4.78 is 10.8. The predicted molar refractivity (Wildman–Crippen MR) is 99.8 cm³/mol. The van der Waals surface area contributed by atoms with Crippen molar-refractivity contribution in [2.45, 2.75) is 6.61 Å². The van der Waals surface area contributed by atoms with Crippen LogP contribution < -0.4 is 15.4 Å². The molecule has 0 atom stereocenters. The molecule has 0 aliphatic carbocycles. The highest BCUT2D eigenvalue weighted by Crippen LogP contribution is 2.11. The van der Waals surface area contributed by atoms with Crippen LogP contribution in [0.25, 0.3) is 0 Å². The summed E-state index contributed by atoms with van der Waals surface area (Å²) in [4.78, 5) is 17.4. The second-order valence-electron chi connectivity index (χ2n) is 5.45. The number of hydrogen-bond acceptors (Lipinski definition) is 4. The standard InChI is InChI=1S/C18H28N4O3/c1-5-10-19-18(21-13-17(23)22(2)3)20-11-12-25-14-15-6-8-16(24-4)9-7-15/h5-9H,1,10-14H2,2-4H3,(H2,19,20,21). The summed E-state index contributed by atoms with van der Waals surface area (Å²) in [7, 11) is 5.05. The summed E-state index contributed by atoms with van der Waals surface area (Å²) in [6, 6.07) is 7.75. The van der Waals surface area contributed by atoms with Gasteiger partial charge in [-0.1, -0.05) is 18.2 Å². The van der Waals surface area contributed by atoms with Gasteiger partial charge in [0.25, 0.3) is 0 Å². The Morgan fingerprint density at radius 2 is 2.00 bits per heavy atom. The molecule has 0 aromatic heterocycles. The molecule has 7 heteroatoms. The SMILES string of the molecule is C=CCNC(=NCC(=O)N(C)C)NCCOCc1ccc(OC)cc1. The first-order chi connectivity index (χ1) is 12.1. The molecule has 0 fully saturated rings. The topological polar surface area (TPSA) is 75.2 Å². The number of nitrogens with zero attached hydrogens (tertiary/aromatic N) is 2. The quantitative estimate of drug-likeness (QED) is 0.286. The molecule has 0 aliphatic heterocycles. The average molecular weight is 348 g/mol. The predicted octanol–water partition coefficient (Wildman–Crippen LogP) is 1.02. The summed E-state index contributed by atoms with van der Waals surface area (Å²) in [5.74, 6) is 1.32. The van der Waals surface area contributed by atoms with Gasteiger partial charge >= 0.3 is 0 Å². The summed E-state index contributed by atoms with van der Waals surface area (Å²) >= 11 is 0. The number of carbonyl (C=O) groups excluding carboxylic acids is 1. The maximum atomic E-state index is 11.6. The van der Waals surface area contributed by atoms with Gasteiger partial charge in [-0.15, -0.1) is 6.58 Å². The van der Waals surface area contributed by atoms with Gasteiger partial charge in [0.1, 0.15) is 12.3 Å². The van der Waals surface area contributed by atoms with Crippen molar-refractivity contribution in [1.82, 2.24) is 15.5 Å². The number of benzene rings is 1. The van der Waals surface area contributed by atoms with Gasteiger partial charge in [-0.25, -0.2) is 4.99 Å². The van der Waals surface area contributed by atoms with Crippen LogP contribution in [0.4, 0.5) is 0 Å². The molecule has 0 aliphatic rings. The number of likely N-dealkylation sites (N-methyl/N-ethyl adjacent to an activating group) is 1. The fourth-order valence-electron chi connectivity index (χ4n) is 1.78. The minimum Gasteiger partial charge on any atom is -0.497 e. The number of amides is 1. The third-order valence-electron chi connectivity index (χ3n) is 3.25. The molecule has 1 aromatic rings. The van der Waals surface area contributed by atoms with E-state index in [0.29, 0.717) is 32.3 Å². The van der Waals surface area contributed by atoms with E-state index in [1.165, 1.54) is 4.90 Å². The van der Waals surface area contributed by atoms with Gasteiger partial charge in [0.2, 0.25) is 5.91 Å². The number of hydrogen-bond donors (Lipinski definition) is 2.